The zero-order valence-electron chi connectivity index (χ0n) is 37.8. The van der Waals surface area contributed by atoms with E-state index in [1.54, 1.807) is 22.9 Å². The van der Waals surface area contributed by atoms with Gasteiger partial charge in [-0.2, -0.15) is 13.9 Å². The number of alkyl halides is 2. The summed E-state index contributed by atoms with van der Waals surface area (Å²) >= 11 is 0. The number of nitrogens with two attached hydrogens (primary N) is 1. The number of hydrogen-bond acceptors (Lipinski definition) is 13. The highest BCUT2D eigenvalue weighted by atomic mass is 32.2. The zero-order chi connectivity index (χ0) is 47.4. The summed E-state index contributed by atoms with van der Waals surface area (Å²) in [5.41, 5.74) is 8.84. The number of sulfonamides is 1. The van der Waals surface area contributed by atoms with Crippen molar-refractivity contribution in [3.8, 4) is 0 Å². The zero-order valence-corrected chi connectivity index (χ0v) is 38.6. The van der Waals surface area contributed by atoms with Crippen LogP contribution in [-0.2, 0) is 47.9 Å². The van der Waals surface area contributed by atoms with Crippen molar-refractivity contribution in [2.45, 2.75) is 96.4 Å². The van der Waals surface area contributed by atoms with Gasteiger partial charge in [0.25, 0.3) is 6.43 Å². The molecule has 1 aliphatic heterocycles. The Labute approximate surface area is 387 Å². The number of anilines is 4. The smallest absolute Gasteiger partial charge is 0.280 e. The lowest BCUT2D eigenvalue weighted by Gasteiger charge is -2.42. The summed E-state index contributed by atoms with van der Waals surface area (Å²) in [4.78, 5) is 36.9. The molecular weight excluding hydrogens is 891 g/mol. The van der Waals surface area contributed by atoms with Gasteiger partial charge in [-0.25, -0.2) is 41.4 Å². The van der Waals surface area contributed by atoms with Crippen molar-refractivity contribution in [3.05, 3.63) is 107 Å². The number of nitrogens with one attached hydrogen (secondary N) is 2. The minimum atomic E-state index is -3.28. The van der Waals surface area contributed by atoms with E-state index in [4.69, 9.17) is 5.73 Å². The van der Waals surface area contributed by atoms with E-state index in [0.717, 1.165) is 48.2 Å². The summed E-state index contributed by atoms with van der Waals surface area (Å²) in [5.74, 6) is -1.30. The number of nitrogens with zero attached hydrogens (tertiary/aromatic N) is 10. The van der Waals surface area contributed by atoms with E-state index >= 15 is 8.78 Å². The van der Waals surface area contributed by atoms with Crippen LogP contribution in [0, 0.1) is 36.3 Å². The number of carbonyl (C=O) groups is 1. The molecule has 2 saturated carbocycles. The highest BCUT2D eigenvalue weighted by molar-refractivity contribution is 7.88. The number of aryl methyl sites for hydroxylation is 2. The number of pyridine rings is 1. The molecule has 1 saturated heterocycles. The Bertz CT molecular complexity index is 2610. The van der Waals surface area contributed by atoms with Gasteiger partial charge in [-0.05, 0) is 85.6 Å². The third kappa shape index (κ3) is 11.4. The molecule has 21 heteroatoms. The molecule has 5 heterocycles. The first-order chi connectivity index (χ1) is 32.1. The second-order valence-electron chi connectivity index (χ2n) is 18.1. The lowest BCUT2D eigenvalue weighted by atomic mass is 9.80. The number of carbonyl (C=O) groups excluding carboxylic acids is 1. The molecule has 4 atom stereocenters. The average Bonchev–Trinajstić information content (AvgIpc) is 4.03. The molecule has 1 amide bonds. The first-order valence-electron chi connectivity index (χ1n) is 22.7. The summed E-state index contributed by atoms with van der Waals surface area (Å²) in [6.07, 6.45) is 7.97. The quantitative estimate of drug-likeness (QED) is 0.0782. The van der Waals surface area contributed by atoms with Crippen LogP contribution in [0.15, 0.2) is 61.3 Å². The second-order valence-corrected chi connectivity index (χ2v) is 20.0. The molecule has 4 N–H and O–H groups in total. The molecule has 5 aromatic rings. The lowest BCUT2D eigenvalue weighted by Crippen LogP contribution is -2.45. The third-order valence-corrected chi connectivity index (χ3v) is 14.6. The molecule has 2 aliphatic carbocycles. The van der Waals surface area contributed by atoms with E-state index < -0.39 is 34.0 Å². The fourth-order valence-corrected chi connectivity index (χ4v) is 10.7. The first-order valence-corrected chi connectivity index (χ1v) is 24.5. The topological polar surface area (TPSA) is 193 Å². The number of amides is 1. The van der Waals surface area contributed by atoms with Crippen LogP contribution in [0.3, 0.4) is 0 Å². The predicted molar refractivity (Wildman–Crippen MR) is 245 cm³/mol. The van der Waals surface area contributed by atoms with E-state index in [2.05, 4.69) is 40.7 Å². The van der Waals surface area contributed by atoms with Gasteiger partial charge in [0.15, 0.2) is 23.3 Å². The van der Waals surface area contributed by atoms with Crippen LogP contribution in [0.5, 0.6) is 0 Å². The van der Waals surface area contributed by atoms with E-state index in [0.29, 0.717) is 51.0 Å². The van der Waals surface area contributed by atoms with E-state index in [9.17, 15) is 22.0 Å². The van der Waals surface area contributed by atoms with Gasteiger partial charge in [-0.15, -0.1) is 0 Å². The van der Waals surface area contributed by atoms with E-state index in [1.807, 2.05) is 42.0 Å². The van der Waals surface area contributed by atoms with Crippen LogP contribution in [0.1, 0.15) is 85.1 Å². The number of hydrogen-bond donors (Lipinski definition) is 3. The van der Waals surface area contributed by atoms with Crippen molar-refractivity contribution in [2.75, 3.05) is 46.3 Å². The molecule has 8 rings (SSSR count). The largest absolute Gasteiger partial charge is 0.369 e. The Morgan fingerprint density at radius 2 is 1.45 bits per heavy atom. The summed E-state index contributed by atoms with van der Waals surface area (Å²) in [7, 11) is -1.43. The van der Waals surface area contributed by atoms with Crippen molar-refractivity contribution >= 4 is 39.2 Å². The highest BCUT2D eigenvalue weighted by Crippen LogP contribution is 2.51. The second kappa shape index (κ2) is 20.5. The van der Waals surface area contributed by atoms with Gasteiger partial charge in [-0.1, -0.05) is 43.2 Å². The molecule has 1 aromatic carbocycles. The van der Waals surface area contributed by atoms with Crippen molar-refractivity contribution in [1.82, 2.24) is 39.0 Å². The molecular formula is C46H57F4N13O3S. The molecule has 4 aromatic heterocycles. The van der Waals surface area contributed by atoms with E-state index in [1.165, 1.54) is 35.5 Å². The summed E-state index contributed by atoms with van der Waals surface area (Å²) in [6, 6.07) is 11.6. The van der Waals surface area contributed by atoms with Gasteiger partial charge in [0.05, 0.1) is 30.6 Å². The van der Waals surface area contributed by atoms with Gasteiger partial charge in [-0.3, -0.25) is 14.5 Å². The van der Waals surface area contributed by atoms with Gasteiger partial charge in [0.1, 0.15) is 18.3 Å². The first kappa shape index (κ1) is 47.5. The van der Waals surface area contributed by atoms with Gasteiger partial charge in [0.2, 0.25) is 27.6 Å². The molecule has 3 fully saturated rings. The fourth-order valence-electron chi connectivity index (χ4n) is 9.80. The summed E-state index contributed by atoms with van der Waals surface area (Å²) in [6.45, 7) is 3.80. The van der Waals surface area contributed by atoms with Crippen LogP contribution in [-0.4, -0.2) is 91.3 Å². The van der Waals surface area contributed by atoms with Crippen LogP contribution < -0.4 is 26.2 Å². The normalized spacial score (nSPS) is 20.2. The maximum atomic E-state index is 17.0. The molecule has 3 aliphatic rings. The van der Waals surface area contributed by atoms with Gasteiger partial charge >= 0.3 is 0 Å². The number of primary amides is 1. The predicted octanol–water partition coefficient (Wildman–Crippen LogP) is 6.30. The summed E-state index contributed by atoms with van der Waals surface area (Å²) in [5, 5.41) is 10.9. The van der Waals surface area contributed by atoms with Crippen LogP contribution >= 0.6 is 0 Å². The number of aromatic nitrogens is 7. The van der Waals surface area contributed by atoms with Crippen molar-refractivity contribution in [3.63, 3.8) is 0 Å². The molecule has 16 nitrogen and oxygen atoms in total. The Morgan fingerprint density at radius 1 is 0.821 bits per heavy atom. The van der Waals surface area contributed by atoms with Gasteiger partial charge in [0, 0.05) is 58.1 Å². The van der Waals surface area contributed by atoms with Crippen molar-refractivity contribution in [1.29, 1.82) is 0 Å². The molecule has 0 bridgehead atoms. The maximum Gasteiger partial charge on any atom is 0.280 e. The van der Waals surface area contributed by atoms with Gasteiger partial charge < -0.3 is 26.2 Å². The molecule has 358 valence electrons. The minimum Gasteiger partial charge on any atom is -0.369 e. The summed E-state index contributed by atoms with van der Waals surface area (Å²) < 4.78 is 88.3. The Hall–Kier alpha value is -5.96. The Balaban J connectivity index is 1.07. The fraction of sp³-hybridized carbons (Fsp3) is 0.500. The molecule has 0 radical (unpaired) electrons. The highest BCUT2D eigenvalue weighted by Gasteiger charge is 2.52. The average molecular weight is 948 g/mol. The SMILES string of the molecule is Cc1cc(CN(c2ncnc(NCC3CCN(S(C)(=O)=O)CC3)c2F)C2CCCCC2C2CC2N(Cc2ccc(C(F)F)nc2)c2ncnc(NCc3ccc(CC(N)=O)cc3)c2F)n(C)n1. The number of halogens is 4. The third-order valence-electron chi connectivity index (χ3n) is 13.3. The minimum absolute atomic E-state index is 0.0133. The molecule has 0 spiro atoms. The number of rotatable bonds is 19. The maximum absolute atomic E-state index is 17.0. The molecule has 67 heavy (non-hydrogen) atoms. The van der Waals surface area contributed by atoms with Crippen molar-refractivity contribution < 1.29 is 30.8 Å². The van der Waals surface area contributed by atoms with Crippen LogP contribution in [0.25, 0.3) is 0 Å². The number of benzene rings is 1. The Kier molecular flexibility index (Phi) is 14.5. The lowest BCUT2D eigenvalue weighted by molar-refractivity contribution is -0.117. The standard InChI is InChI=1S/C46H57F4N13O3S/c1-28-18-33(60(2)59-28)25-63(46-41(48)44(56-27-58-46)54-22-31-14-16-61(17-15-31)67(3,65)66)37-7-5-4-6-34(37)35-20-38(35)62(24-32-12-13-36(42(49)50)52-23-32)45-40(47)43(55-26-57-45)53-21-30-10-8-29(9-11-30)19-39(51)64/h8-13,18,23,26-27,31,34-35,37-38,42H,4-7,14-17,19-22,24-25H2,1-3H3,(H2,51,64)(H,53,55,57)(H,54,56,58). The van der Waals surface area contributed by atoms with Crippen LogP contribution in [0.2, 0.25) is 0 Å². The monoisotopic (exact) mass is 947 g/mol. The Morgan fingerprint density at radius 3 is 2.04 bits per heavy atom. The van der Waals surface area contributed by atoms with Crippen LogP contribution in [0.4, 0.5) is 40.8 Å². The van der Waals surface area contributed by atoms with Crippen molar-refractivity contribution in [2.24, 2.45) is 30.5 Å². The number of piperidine rings is 1. The van der Waals surface area contributed by atoms with E-state index in [-0.39, 0.29) is 78.3 Å². The molecule has 4 unspecified atom stereocenters.